The molecule has 4 nitrogen and oxygen atoms in total. The van der Waals surface area contributed by atoms with E-state index in [2.05, 4.69) is 4.98 Å². The second-order valence-electron chi connectivity index (χ2n) is 6.44. The van der Waals surface area contributed by atoms with Gasteiger partial charge in [0.1, 0.15) is 5.82 Å². The molecular weight excluding hydrogens is 319 g/mol. The van der Waals surface area contributed by atoms with E-state index in [1.54, 1.807) is 36.7 Å². The Morgan fingerprint density at radius 2 is 1.80 bits per heavy atom. The smallest absolute Gasteiger partial charge is 0.253 e. The Morgan fingerprint density at radius 1 is 1.12 bits per heavy atom. The Hall–Kier alpha value is -2.27. The lowest BCUT2D eigenvalue weighted by atomic mass is 9.93. The van der Waals surface area contributed by atoms with Crippen molar-refractivity contribution >= 4 is 5.91 Å². The van der Waals surface area contributed by atoms with Gasteiger partial charge in [0.25, 0.3) is 5.91 Å². The predicted molar refractivity (Wildman–Crippen MR) is 93.5 cm³/mol. The highest BCUT2D eigenvalue weighted by molar-refractivity contribution is 5.94. The van der Waals surface area contributed by atoms with Crippen LogP contribution in [0, 0.1) is 11.7 Å². The van der Waals surface area contributed by atoms with Crippen LogP contribution in [0.4, 0.5) is 4.39 Å². The summed E-state index contributed by atoms with van der Waals surface area (Å²) in [7, 11) is 0. The predicted octanol–water partition coefficient (Wildman–Crippen LogP) is 3.68. The van der Waals surface area contributed by atoms with Gasteiger partial charge in [0, 0.05) is 37.7 Å². The van der Waals surface area contributed by atoms with Crippen LogP contribution in [0.2, 0.25) is 0 Å². The zero-order chi connectivity index (χ0) is 17.5. The fourth-order valence-corrected chi connectivity index (χ4v) is 3.12. The third kappa shape index (κ3) is 5.10. The third-order valence-electron chi connectivity index (χ3n) is 4.68. The van der Waals surface area contributed by atoms with Gasteiger partial charge in [0.05, 0.1) is 6.61 Å². The summed E-state index contributed by atoms with van der Waals surface area (Å²) in [6.07, 6.45) is 6.32. The van der Waals surface area contributed by atoms with Gasteiger partial charge in [-0.3, -0.25) is 9.78 Å². The van der Waals surface area contributed by atoms with Crippen LogP contribution in [-0.4, -0.2) is 35.5 Å². The SMILES string of the molecule is O=C(c1ccncc1)N1CCC(CCOCc2ccc(F)cc2)CC1. The first-order valence-corrected chi connectivity index (χ1v) is 8.74. The monoisotopic (exact) mass is 342 g/mol. The molecule has 0 N–H and O–H groups in total. The average molecular weight is 342 g/mol. The lowest BCUT2D eigenvalue weighted by Crippen LogP contribution is -2.38. The van der Waals surface area contributed by atoms with E-state index in [1.165, 1.54) is 12.1 Å². The first kappa shape index (κ1) is 17.5. The maximum absolute atomic E-state index is 12.8. The fourth-order valence-electron chi connectivity index (χ4n) is 3.12. The molecule has 1 aromatic heterocycles. The molecule has 0 atom stereocenters. The van der Waals surface area contributed by atoms with E-state index in [0.717, 1.165) is 37.9 Å². The summed E-state index contributed by atoms with van der Waals surface area (Å²) in [6.45, 7) is 2.80. The largest absolute Gasteiger partial charge is 0.377 e. The van der Waals surface area contributed by atoms with Gasteiger partial charge in [-0.25, -0.2) is 4.39 Å². The van der Waals surface area contributed by atoms with E-state index in [1.807, 2.05) is 4.90 Å². The van der Waals surface area contributed by atoms with Crippen LogP contribution in [0.3, 0.4) is 0 Å². The van der Waals surface area contributed by atoms with Crippen LogP contribution >= 0.6 is 0 Å². The lowest BCUT2D eigenvalue weighted by Gasteiger charge is -2.32. The number of benzene rings is 1. The quantitative estimate of drug-likeness (QED) is 0.752. The van der Waals surface area contributed by atoms with Crippen molar-refractivity contribution in [1.29, 1.82) is 0 Å². The fraction of sp³-hybridized carbons (Fsp3) is 0.400. The van der Waals surface area contributed by atoms with Gasteiger partial charge in [-0.1, -0.05) is 12.1 Å². The number of likely N-dealkylation sites (tertiary alicyclic amines) is 1. The summed E-state index contributed by atoms with van der Waals surface area (Å²) >= 11 is 0. The van der Waals surface area contributed by atoms with Crippen LogP contribution in [0.25, 0.3) is 0 Å². The number of carbonyl (C=O) groups excluding carboxylic acids is 1. The molecule has 1 fully saturated rings. The molecule has 132 valence electrons. The van der Waals surface area contributed by atoms with Gasteiger partial charge in [0.2, 0.25) is 0 Å². The van der Waals surface area contributed by atoms with Crippen LogP contribution in [0.5, 0.6) is 0 Å². The topological polar surface area (TPSA) is 42.4 Å². The average Bonchev–Trinajstić information content (AvgIpc) is 2.67. The van der Waals surface area contributed by atoms with E-state index in [9.17, 15) is 9.18 Å². The molecule has 1 amide bonds. The summed E-state index contributed by atoms with van der Waals surface area (Å²) in [5, 5.41) is 0. The molecule has 1 saturated heterocycles. The van der Waals surface area contributed by atoms with Crippen molar-refractivity contribution in [3.8, 4) is 0 Å². The Kier molecular flexibility index (Phi) is 6.12. The number of hydrogen-bond acceptors (Lipinski definition) is 3. The minimum atomic E-state index is -0.225. The number of amides is 1. The molecule has 2 heterocycles. The van der Waals surface area contributed by atoms with Crippen molar-refractivity contribution in [3.63, 3.8) is 0 Å². The molecule has 0 unspecified atom stereocenters. The zero-order valence-corrected chi connectivity index (χ0v) is 14.2. The number of halogens is 1. The van der Waals surface area contributed by atoms with Crippen molar-refractivity contribution in [2.75, 3.05) is 19.7 Å². The minimum absolute atomic E-state index is 0.0911. The number of aromatic nitrogens is 1. The van der Waals surface area contributed by atoms with Crippen molar-refractivity contribution in [1.82, 2.24) is 9.88 Å². The number of nitrogens with zero attached hydrogens (tertiary/aromatic N) is 2. The molecule has 0 aliphatic carbocycles. The van der Waals surface area contributed by atoms with E-state index in [4.69, 9.17) is 4.74 Å². The van der Waals surface area contributed by atoms with Crippen LogP contribution in [-0.2, 0) is 11.3 Å². The highest BCUT2D eigenvalue weighted by Crippen LogP contribution is 2.22. The number of hydrogen-bond donors (Lipinski definition) is 0. The van der Waals surface area contributed by atoms with Crippen LogP contribution in [0.1, 0.15) is 35.2 Å². The maximum atomic E-state index is 12.8. The van der Waals surface area contributed by atoms with E-state index < -0.39 is 0 Å². The van der Waals surface area contributed by atoms with Crippen molar-refractivity contribution in [3.05, 3.63) is 65.7 Å². The van der Waals surface area contributed by atoms with Crippen molar-refractivity contribution < 1.29 is 13.9 Å². The second kappa shape index (κ2) is 8.72. The standard InChI is InChI=1S/C20H23FN2O2/c21-19-3-1-17(2-4-19)15-25-14-9-16-7-12-23(13-8-16)20(24)18-5-10-22-11-6-18/h1-6,10-11,16H,7-9,12-15H2. The van der Waals surface area contributed by atoms with E-state index >= 15 is 0 Å². The second-order valence-corrected chi connectivity index (χ2v) is 6.44. The Morgan fingerprint density at radius 3 is 2.48 bits per heavy atom. The molecular formula is C20H23FN2O2. The number of pyridine rings is 1. The molecule has 3 rings (SSSR count). The van der Waals surface area contributed by atoms with Crippen molar-refractivity contribution in [2.24, 2.45) is 5.92 Å². The Bertz CT molecular complexity index is 668. The van der Waals surface area contributed by atoms with Gasteiger partial charge in [0.15, 0.2) is 0 Å². The summed E-state index contributed by atoms with van der Waals surface area (Å²) in [6, 6.07) is 9.93. The van der Waals surface area contributed by atoms with Crippen molar-refractivity contribution in [2.45, 2.75) is 25.9 Å². The molecule has 0 saturated carbocycles. The van der Waals surface area contributed by atoms with Crippen LogP contribution in [0.15, 0.2) is 48.8 Å². The number of piperidine rings is 1. The molecule has 1 aromatic carbocycles. The van der Waals surface area contributed by atoms with Gasteiger partial charge in [-0.05, 0) is 55.0 Å². The first-order valence-electron chi connectivity index (χ1n) is 8.74. The Balaban J connectivity index is 1.35. The molecule has 0 radical (unpaired) electrons. The lowest BCUT2D eigenvalue weighted by molar-refractivity contribution is 0.0639. The summed E-state index contributed by atoms with van der Waals surface area (Å²) in [5.74, 6) is 0.458. The summed E-state index contributed by atoms with van der Waals surface area (Å²) in [4.78, 5) is 18.3. The van der Waals surface area contributed by atoms with Gasteiger partial charge >= 0.3 is 0 Å². The number of carbonyl (C=O) groups is 1. The normalized spacial score (nSPS) is 15.3. The molecule has 2 aromatic rings. The zero-order valence-electron chi connectivity index (χ0n) is 14.2. The van der Waals surface area contributed by atoms with Gasteiger partial charge in [-0.2, -0.15) is 0 Å². The molecule has 1 aliphatic rings. The number of ether oxygens (including phenoxy) is 1. The molecule has 25 heavy (non-hydrogen) atoms. The molecule has 1 aliphatic heterocycles. The van der Waals surface area contributed by atoms with Gasteiger partial charge in [-0.15, -0.1) is 0 Å². The number of rotatable bonds is 6. The van der Waals surface area contributed by atoms with Gasteiger partial charge < -0.3 is 9.64 Å². The van der Waals surface area contributed by atoms with Crippen LogP contribution < -0.4 is 0 Å². The summed E-state index contributed by atoms with van der Waals surface area (Å²) < 4.78 is 18.5. The minimum Gasteiger partial charge on any atom is -0.377 e. The molecule has 0 bridgehead atoms. The molecule has 0 spiro atoms. The van der Waals surface area contributed by atoms with E-state index in [-0.39, 0.29) is 11.7 Å². The maximum Gasteiger partial charge on any atom is 0.253 e. The molecule has 5 heteroatoms. The van der Waals surface area contributed by atoms with E-state index in [0.29, 0.717) is 24.7 Å². The summed E-state index contributed by atoms with van der Waals surface area (Å²) in [5.41, 5.74) is 1.69. The Labute approximate surface area is 147 Å². The first-order chi connectivity index (χ1) is 12.2. The third-order valence-corrected chi connectivity index (χ3v) is 4.68. The highest BCUT2D eigenvalue weighted by Gasteiger charge is 2.23. The highest BCUT2D eigenvalue weighted by atomic mass is 19.1.